The first-order chi connectivity index (χ1) is 9.43. The van der Waals surface area contributed by atoms with Crippen LogP contribution >= 0.6 is 11.3 Å². The van der Waals surface area contributed by atoms with Crippen molar-refractivity contribution in [1.82, 2.24) is 19.7 Å². The molecule has 0 spiro atoms. The lowest BCUT2D eigenvalue weighted by Gasteiger charge is -2.16. The molecule has 2 aromatic rings. The van der Waals surface area contributed by atoms with Crippen molar-refractivity contribution in [3.63, 3.8) is 0 Å². The molecular weight excluding hydrogens is 272 g/mol. The van der Waals surface area contributed by atoms with Crippen LogP contribution in [0.2, 0.25) is 0 Å². The predicted octanol–water partition coefficient (Wildman–Crippen LogP) is 2.56. The molecule has 108 valence electrons. The van der Waals surface area contributed by atoms with Gasteiger partial charge >= 0.3 is 0 Å². The van der Waals surface area contributed by atoms with Crippen molar-refractivity contribution in [2.75, 3.05) is 7.05 Å². The third kappa shape index (κ3) is 2.75. The van der Waals surface area contributed by atoms with Gasteiger partial charge in [-0.25, -0.2) is 4.98 Å². The number of aromatic nitrogens is 3. The van der Waals surface area contributed by atoms with E-state index in [1.807, 2.05) is 45.6 Å². The number of hydrogen-bond acceptors (Lipinski definition) is 4. The van der Waals surface area contributed by atoms with Crippen LogP contribution in [0.1, 0.15) is 38.6 Å². The summed E-state index contributed by atoms with van der Waals surface area (Å²) in [5.74, 6) is 0.0192. The summed E-state index contributed by atoms with van der Waals surface area (Å²) >= 11 is 1.62. The van der Waals surface area contributed by atoms with Gasteiger partial charge in [0.2, 0.25) is 0 Å². The van der Waals surface area contributed by atoms with Gasteiger partial charge in [-0.1, -0.05) is 0 Å². The summed E-state index contributed by atoms with van der Waals surface area (Å²) in [5.41, 5.74) is 2.44. The van der Waals surface area contributed by atoms with Gasteiger partial charge in [0.25, 0.3) is 5.91 Å². The molecule has 0 atom stereocenters. The summed E-state index contributed by atoms with van der Waals surface area (Å²) < 4.78 is 1.87. The molecule has 0 N–H and O–H groups in total. The van der Waals surface area contributed by atoms with Crippen LogP contribution in [0, 0.1) is 20.8 Å². The normalized spacial score (nSPS) is 10.8. The summed E-state index contributed by atoms with van der Waals surface area (Å²) in [5, 5.41) is 5.42. The average molecular weight is 292 g/mol. The zero-order valence-corrected chi connectivity index (χ0v) is 13.4. The molecule has 0 unspecified atom stereocenters. The first kappa shape index (κ1) is 14.7. The summed E-state index contributed by atoms with van der Waals surface area (Å²) in [4.78, 5) is 19.6. The number of carbonyl (C=O) groups excluding carboxylic acids is 1. The lowest BCUT2D eigenvalue weighted by Crippen LogP contribution is -2.26. The van der Waals surface area contributed by atoms with Gasteiger partial charge in [-0.3, -0.25) is 9.48 Å². The summed E-state index contributed by atoms with van der Waals surface area (Å²) in [7, 11) is 1.82. The van der Waals surface area contributed by atoms with Crippen LogP contribution in [-0.2, 0) is 13.1 Å². The third-order valence-corrected chi connectivity index (χ3v) is 4.20. The largest absolute Gasteiger partial charge is 0.336 e. The van der Waals surface area contributed by atoms with E-state index in [0.29, 0.717) is 6.54 Å². The highest BCUT2D eigenvalue weighted by molar-refractivity contribution is 7.11. The fourth-order valence-electron chi connectivity index (χ4n) is 2.29. The molecule has 0 radical (unpaired) electrons. The zero-order chi connectivity index (χ0) is 14.9. The highest BCUT2D eigenvalue weighted by atomic mass is 32.1. The van der Waals surface area contributed by atoms with Crippen LogP contribution in [0.15, 0.2) is 6.20 Å². The van der Waals surface area contributed by atoms with E-state index >= 15 is 0 Å². The number of amides is 1. The number of rotatable bonds is 4. The average Bonchev–Trinajstić information content (AvgIpc) is 2.92. The maximum Gasteiger partial charge on any atom is 0.257 e. The Morgan fingerprint density at radius 2 is 2.10 bits per heavy atom. The molecule has 0 bridgehead atoms. The van der Waals surface area contributed by atoms with E-state index in [1.54, 1.807) is 16.2 Å². The monoisotopic (exact) mass is 292 g/mol. The number of carbonyl (C=O) groups is 1. The minimum atomic E-state index is 0.0192. The van der Waals surface area contributed by atoms with Crippen LogP contribution in [0.5, 0.6) is 0 Å². The molecule has 2 rings (SSSR count). The van der Waals surface area contributed by atoms with Crippen molar-refractivity contribution in [2.24, 2.45) is 0 Å². The number of nitrogens with zero attached hydrogens (tertiary/aromatic N) is 4. The second-order valence-corrected chi connectivity index (χ2v) is 6.19. The van der Waals surface area contributed by atoms with Crippen molar-refractivity contribution in [1.29, 1.82) is 0 Å². The Kier molecular flexibility index (Phi) is 4.23. The lowest BCUT2D eigenvalue weighted by atomic mass is 10.1. The Morgan fingerprint density at radius 3 is 2.60 bits per heavy atom. The van der Waals surface area contributed by atoms with E-state index in [1.165, 1.54) is 0 Å². The van der Waals surface area contributed by atoms with Crippen LogP contribution in [0.4, 0.5) is 0 Å². The minimum Gasteiger partial charge on any atom is -0.336 e. The lowest BCUT2D eigenvalue weighted by molar-refractivity contribution is 0.0785. The van der Waals surface area contributed by atoms with Gasteiger partial charge in [0.05, 0.1) is 22.8 Å². The van der Waals surface area contributed by atoms with Crippen molar-refractivity contribution in [3.05, 3.63) is 33.0 Å². The first-order valence-electron chi connectivity index (χ1n) is 6.64. The molecule has 0 aliphatic rings. The highest BCUT2D eigenvalue weighted by Gasteiger charge is 2.21. The predicted molar refractivity (Wildman–Crippen MR) is 80.0 cm³/mol. The number of aryl methyl sites for hydroxylation is 3. The summed E-state index contributed by atoms with van der Waals surface area (Å²) in [6, 6.07) is 0. The van der Waals surface area contributed by atoms with Gasteiger partial charge in [0.15, 0.2) is 0 Å². The van der Waals surface area contributed by atoms with Crippen molar-refractivity contribution >= 4 is 17.2 Å². The fraction of sp³-hybridized carbons (Fsp3) is 0.500. The van der Waals surface area contributed by atoms with Crippen molar-refractivity contribution < 1.29 is 4.79 Å². The topological polar surface area (TPSA) is 51.0 Å². The highest BCUT2D eigenvalue weighted by Crippen LogP contribution is 2.18. The third-order valence-electron chi connectivity index (χ3n) is 3.30. The second kappa shape index (κ2) is 5.75. The zero-order valence-electron chi connectivity index (χ0n) is 12.6. The van der Waals surface area contributed by atoms with E-state index in [4.69, 9.17) is 0 Å². The van der Waals surface area contributed by atoms with Crippen LogP contribution < -0.4 is 0 Å². The number of hydrogen-bond donors (Lipinski definition) is 0. The van der Waals surface area contributed by atoms with Crippen LogP contribution in [-0.4, -0.2) is 32.6 Å². The molecule has 1 amide bonds. The molecule has 0 saturated heterocycles. The molecule has 2 heterocycles. The Morgan fingerprint density at radius 1 is 1.40 bits per heavy atom. The Bertz CT molecular complexity index is 629. The smallest absolute Gasteiger partial charge is 0.257 e. The van der Waals surface area contributed by atoms with Crippen LogP contribution in [0.3, 0.4) is 0 Å². The van der Waals surface area contributed by atoms with Gasteiger partial charge in [0.1, 0.15) is 0 Å². The maximum absolute atomic E-state index is 12.6. The van der Waals surface area contributed by atoms with Crippen molar-refractivity contribution in [2.45, 2.75) is 40.8 Å². The maximum atomic E-state index is 12.6. The fourth-order valence-corrected chi connectivity index (χ4v) is 3.14. The molecule has 0 saturated carbocycles. The Hall–Kier alpha value is -1.69. The minimum absolute atomic E-state index is 0.0192. The van der Waals surface area contributed by atoms with E-state index in [0.717, 1.165) is 33.4 Å². The first-order valence-corrected chi connectivity index (χ1v) is 7.46. The van der Waals surface area contributed by atoms with Gasteiger partial charge in [-0.2, -0.15) is 5.10 Å². The molecule has 0 aromatic carbocycles. The van der Waals surface area contributed by atoms with E-state index in [9.17, 15) is 4.79 Å². The van der Waals surface area contributed by atoms with E-state index in [2.05, 4.69) is 10.1 Å². The Balaban J connectivity index is 2.20. The molecule has 2 aromatic heterocycles. The quantitative estimate of drug-likeness (QED) is 0.870. The molecule has 0 aliphatic heterocycles. The standard InChI is InChI=1S/C14H20N4OS/c1-6-18-10(3)13(9(2)16-18)14(19)17(5)8-12-7-15-11(4)20-12/h7H,6,8H2,1-5H3. The summed E-state index contributed by atoms with van der Waals surface area (Å²) in [6.45, 7) is 9.18. The van der Waals surface area contributed by atoms with E-state index < -0.39 is 0 Å². The number of thiazole rings is 1. The van der Waals surface area contributed by atoms with Gasteiger partial charge < -0.3 is 4.90 Å². The van der Waals surface area contributed by atoms with Gasteiger partial charge in [-0.05, 0) is 27.7 Å². The van der Waals surface area contributed by atoms with Gasteiger partial charge in [-0.15, -0.1) is 11.3 Å². The molecule has 5 nitrogen and oxygen atoms in total. The molecule has 20 heavy (non-hydrogen) atoms. The van der Waals surface area contributed by atoms with Gasteiger partial charge in [0, 0.05) is 30.4 Å². The van der Waals surface area contributed by atoms with Crippen LogP contribution in [0.25, 0.3) is 0 Å². The molecule has 6 heteroatoms. The summed E-state index contributed by atoms with van der Waals surface area (Å²) in [6.07, 6.45) is 1.83. The Labute approximate surface area is 123 Å². The second-order valence-electron chi connectivity index (χ2n) is 4.87. The molecule has 0 fully saturated rings. The molecule has 0 aliphatic carbocycles. The van der Waals surface area contributed by atoms with Crippen molar-refractivity contribution in [3.8, 4) is 0 Å². The molecular formula is C14H20N4OS. The van der Waals surface area contributed by atoms with E-state index in [-0.39, 0.29) is 5.91 Å². The SMILES string of the molecule is CCn1nc(C)c(C(=O)N(C)Cc2cnc(C)s2)c1C.